The van der Waals surface area contributed by atoms with Crippen LogP contribution < -0.4 is 20.1 Å². The van der Waals surface area contributed by atoms with Gasteiger partial charge in [-0.2, -0.15) is 4.98 Å². The van der Waals surface area contributed by atoms with Gasteiger partial charge < -0.3 is 19.3 Å². The van der Waals surface area contributed by atoms with E-state index in [1.165, 1.54) is 23.9 Å². The molecule has 10 heteroatoms. The van der Waals surface area contributed by atoms with Crippen LogP contribution in [-0.2, 0) is 10.5 Å². The summed E-state index contributed by atoms with van der Waals surface area (Å²) in [5.41, 5.74) is 1.25. The van der Waals surface area contributed by atoms with Gasteiger partial charge in [0.1, 0.15) is 11.3 Å². The Morgan fingerprint density at radius 2 is 1.94 bits per heavy atom. The molecule has 4 rings (SSSR count). The molecule has 0 saturated carbocycles. The van der Waals surface area contributed by atoms with Gasteiger partial charge in [-0.05, 0) is 35.9 Å². The van der Waals surface area contributed by atoms with Gasteiger partial charge in [0.05, 0.1) is 20.0 Å². The van der Waals surface area contributed by atoms with Crippen molar-refractivity contribution in [3.63, 3.8) is 0 Å². The third kappa shape index (κ3) is 4.97. The number of hydrogen-bond acceptors (Lipinski definition) is 8. The molecule has 162 valence electrons. The number of carbonyl (C=O) groups is 1. The van der Waals surface area contributed by atoms with E-state index >= 15 is 0 Å². The molecule has 1 saturated heterocycles. The molecule has 2 aromatic carbocycles. The number of carbonyl (C=O) groups excluding carboxylic acids is 1. The standard InChI is InChI=1S/C21H21FN4O4S/c1-28-16-8-5-13(9-17(16)29-2)20-25-19(30-26-20)11-31-21-23-15(10-18(27)24-21)12-3-6-14(22)7-4-12/h3-9,15,21,23H,10-11H2,1-2H3,(H,24,27). The maximum absolute atomic E-state index is 13.2. The van der Waals surface area contributed by atoms with Crippen molar-refractivity contribution in [2.24, 2.45) is 0 Å². The van der Waals surface area contributed by atoms with Gasteiger partial charge in [-0.3, -0.25) is 10.1 Å². The fourth-order valence-corrected chi connectivity index (χ4v) is 4.14. The number of nitrogens with one attached hydrogen (secondary N) is 2. The van der Waals surface area contributed by atoms with Crippen molar-refractivity contribution in [1.29, 1.82) is 0 Å². The molecular weight excluding hydrogens is 423 g/mol. The summed E-state index contributed by atoms with van der Waals surface area (Å²) in [5.74, 6) is 2.05. The van der Waals surface area contributed by atoms with E-state index in [2.05, 4.69) is 20.8 Å². The van der Waals surface area contributed by atoms with E-state index < -0.39 is 0 Å². The Morgan fingerprint density at radius 3 is 2.68 bits per heavy atom. The van der Waals surface area contributed by atoms with Crippen molar-refractivity contribution in [3.05, 3.63) is 59.7 Å². The van der Waals surface area contributed by atoms with Crippen LogP contribution in [0, 0.1) is 5.82 Å². The smallest absolute Gasteiger partial charge is 0.237 e. The molecule has 0 bridgehead atoms. The van der Waals surface area contributed by atoms with Gasteiger partial charge in [-0.15, -0.1) is 11.8 Å². The highest BCUT2D eigenvalue weighted by Crippen LogP contribution is 2.31. The number of halogens is 1. The van der Waals surface area contributed by atoms with E-state index in [-0.39, 0.29) is 29.7 Å². The molecular formula is C21H21FN4O4S. The van der Waals surface area contributed by atoms with Gasteiger partial charge >= 0.3 is 0 Å². The summed E-state index contributed by atoms with van der Waals surface area (Å²) in [5, 5.41) is 10.3. The maximum atomic E-state index is 13.2. The Morgan fingerprint density at radius 1 is 1.16 bits per heavy atom. The Kier molecular flexibility index (Phi) is 6.38. The minimum Gasteiger partial charge on any atom is -0.493 e. The third-order valence-electron chi connectivity index (χ3n) is 4.79. The fourth-order valence-electron chi connectivity index (χ4n) is 3.23. The van der Waals surface area contributed by atoms with Crippen molar-refractivity contribution < 1.29 is 23.2 Å². The molecule has 3 aromatic rings. The Balaban J connectivity index is 1.40. The minimum absolute atomic E-state index is 0.0814. The summed E-state index contributed by atoms with van der Waals surface area (Å²) in [6.07, 6.45) is 0.284. The van der Waals surface area contributed by atoms with Crippen LogP contribution in [0.1, 0.15) is 23.9 Å². The predicted molar refractivity (Wildman–Crippen MR) is 113 cm³/mol. The fraction of sp³-hybridized carbons (Fsp3) is 0.286. The van der Waals surface area contributed by atoms with Crippen LogP contribution in [-0.4, -0.2) is 35.8 Å². The van der Waals surface area contributed by atoms with E-state index in [1.54, 1.807) is 38.5 Å². The maximum Gasteiger partial charge on any atom is 0.237 e. The number of aromatic nitrogens is 2. The molecule has 1 amide bonds. The number of hydrogen-bond donors (Lipinski definition) is 2. The summed E-state index contributed by atoms with van der Waals surface area (Å²) in [6.45, 7) is 0. The topological polar surface area (TPSA) is 98.5 Å². The molecule has 2 N–H and O–H groups in total. The quantitative estimate of drug-likeness (QED) is 0.573. The molecule has 8 nitrogen and oxygen atoms in total. The molecule has 0 aliphatic carbocycles. The second kappa shape index (κ2) is 9.36. The monoisotopic (exact) mass is 444 g/mol. The number of amides is 1. The normalized spacial score (nSPS) is 18.5. The van der Waals surface area contributed by atoms with Crippen molar-refractivity contribution in [2.75, 3.05) is 14.2 Å². The van der Waals surface area contributed by atoms with Crippen LogP contribution in [0.4, 0.5) is 4.39 Å². The summed E-state index contributed by atoms with van der Waals surface area (Å²) >= 11 is 1.42. The second-order valence-corrected chi connectivity index (χ2v) is 7.91. The molecule has 1 aliphatic heterocycles. The molecule has 2 atom stereocenters. The van der Waals surface area contributed by atoms with Crippen LogP contribution in [0.3, 0.4) is 0 Å². The SMILES string of the molecule is COc1ccc(-c2noc(CSC3NC(=O)CC(c4ccc(F)cc4)N3)n2)cc1OC. The third-order valence-corrected chi connectivity index (χ3v) is 5.79. The van der Waals surface area contributed by atoms with Crippen molar-refractivity contribution >= 4 is 17.7 Å². The average Bonchev–Trinajstić information content (AvgIpc) is 3.26. The van der Waals surface area contributed by atoms with E-state index in [9.17, 15) is 9.18 Å². The summed E-state index contributed by atoms with van der Waals surface area (Å²) in [6, 6.07) is 11.3. The van der Waals surface area contributed by atoms with E-state index in [0.29, 0.717) is 29.0 Å². The average molecular weight is 444 g/mol. The van der Waals surface area contributed by atoms with Gasteiger partial charge in [0.25, 0.3) is 0 Å². The zero-order valence-electron chi connectivity index (χ0n) is 16.9. The molecule has 0 radical (unpaired) electrons. The number of nitrogens with zero attached hydrogens (tertiary/aromatic N) is 2. The van der Waals surface area contributed by atoms with E-state index in [1.807, 2.05) is 6.07 Å². The molecule has 0 spiro atoms. The van der Waals surface area contributed by atoms with Crippen LogP contribution in [0.5, 0.6) is 11.5 Å². The molecule has 1 aromatic heterocycles. The highest BCUT2D eigenvalue weighted by molar-refractivity contribution is 7.99. The number of thioether (sulfide) groups is 1. The number of rotatable bonds is 7. The highest BCUT2D eigenvalue weighted by Gasteiger charge is 2.27. The first-order valence-corrected chi connectivity index (χ1v) is 10.6. The lowest BCUT2D eigenvalue weighted by atomic mass is 10.0. The summed E-state index contributed by atoms with van der Waals surface area (Å²) < 4.78 is 29.1. The lowest BCUT2D eigenvalue weighted by molar-refractivity contribution is -0.123. The Hall–Kier alpha value is -3.11. The van der Waals surface area contributed by atoms with Crippen LogP contribution >= 0.6 is 11.8 Å². The summed E-state index contributed by atoms with van der Waals surface area (Å²) in [7, 11) is 3.13. The van der Waals surface area contributed by atoms with Crippen LogP contribution in [0.2, 0.25) is 0 Å². The lowest BCUT2D eigenvalue weighted by Gasteiger charge is -2.31. The molecule has 31 heavy (non-hydrogen) atoms. The highest BCUT2D eigenvalue weighted by atomic mass is 32.2. The van der Waals surface area contributed by atoms with Crippen molar-refractivity contribution in [1.82, 2.24) is 20.8 Å². The lowest BCUT2D eigenvalue weighted by Crippen LogP contribution is -2.50. The van der Waals surface area contributed by atoms with Crippen LogP contribution in [0.25, 0.3) is 11.4 Å². The largest absolute Gasteiger partial charge is 0.493 e. The molecule has 2 unspecified atom stereocenters. The van der Waals surface area contributed by atoms with Crippen LogP contribution in [0.15, 0.2) is 47.0 Å². The Labute approximate surface area is 182 Å². The molecule has 1 aliphatic rings. The second-order valence-electron chi connectivity index (χ2n) is 6.81. The number of ether oxygens (including phenoxy) is 2. The number of methoxy groups -OCH3 is 2. The molecule has 2 heterocycles. The van der Waals surface area contributed by atoms with Crippen molar-refractivity contribution in [2.45, 2.75) is 23.7 Å². The minimum atomic E-state index is -0.340. The van der Waals surface area contributed by atoms with Gasteiger partial charge in [-0.1, -0.05) is 17.3 Å². The first-order valence-electron chi connectivity index (χ1n) is 9.53. The van der Waals surface area contributed by atoms with Gasteiger partial charge in [0.15, 0.2) is 11.5 Å². The number of benzene rings is 2. The predicted octanol–water partition coefficient (Wildman–Crippen LogP) is 3.26. The van der Waals surface area contributed by atoms with Crippen molar-refractivity contribution in [3.8, 4) is 22.9 Å². The van der Waals surface area contributed by atoms with Gasteiger partial charge in [0.2, 0.25) is 17.6 Å². The zero-order chi connectivity index (χ0) is 21.8. The first kappa shape index (κ1) is 21.1. The van der Waals surface area contributed by atoms with Gasteiger partial charge in [-0.25, -0.2) is 4.39 Å². The summed E-state index contributed by atoms with van der Waals surface area (Å²) in [4.78, 5) is 16.5. The molecule has 1 fully saturated rings. The van der Waals surface area contributed by atoms with E-state index in [0.717, 1.165) is 11.1 Å². The Bertz CT molecular complexity index is 1060. The van der Waals surface area contributed by atoms with Gasteiger partial charge in [0, 0.05) is 18.0 Å². The zero-order valence-corrected chi connectivity index (χ0v) is 17.7. The first-order chi connectivity index (χ1) is 15.1. The van der Waals surface area contributed by atoms with E-state index in [4.69, 9.17) is 14.0 Å².